The number of nitrogens with zero attached hydrogens (tertiary/aromatic N) is 5. The Hall–Kier alpha value is -3.20. The third-order valence-corrected chi connectivity index (χ3v) is 4.35. The number of benzene rings is 1. The molecular weight excluding hydrogens is 372 g/mol. The smallest absolute Gasteiger partial charge is 0.303 e. The number of rotatable bonds is 6. The number of aryl methyl sites for hydroxylation is 2. The minimum absolute atomic E-state index is 0.250. The van der Waals surface area contributed by atoms with E-state index in [1.54, 1.807) is 23.7 Å². The van der Waals surface area contributed by atoms with Gasteiger partial charge >= 0.3 is 5.69 Å². The van der Waals surface area contributed by atoms with E-state index in [1.165, 1.54) is 10.9 Å². The van der Waals surface area contributed by atoms with E-state index in [2.05, 4.69) is 15.5 Å². The van der Waals surface area contributed by atoms with E-state index in [0.29, 0.717) is 18.1 Å². The standard InChI is InChI=1S/C17H17ClN6O3/c1-3-22-10-14(24(26)27)16(21-22)17(25)19-15-8-11(2)23(20-15)9-12-6-4-5-7-13(12)18/h4-8,10H,3,9H2,1-2H3,(H,19,20,25). The van der Waals surface area contributed by atoms with Crippen molar-refractivity contribution in [3.63, 3.8) is 0 Å². The average Bonchev–Trinajstić information content (AvgIpc) is 3.21. The maximum atomic E-state index is 12.4. The predicted octanol–water partition coefficient (Wildman–Crippen LogP) is 3.27. The van der Waals surface area contributed by atoms with E-state index in [9.17, 15) is 14.9 Å². The monoisotopic (exact) mass is 388 g/mol. The average molecular weight is 389 g/mol. The highest BCUT2D eigenvalue weighted by Gasteiger charge is 2.26. The van der Waals surface area contributed by atoms with E-state index in [0.717, 1.165) is 11.3 Å². The molecule has 1 aromatic carbocycles. The lowest BCUT2D eigenvalue weighted by atomic mass is 10.2. The molecule has 3 rings (SSSR count). The molecule has 0 aliphatic carbocycles. The van der Waals surface area contributed by atoms with Crippen LogP contribution in [0.5, 0.6) is 0 Å². The fourth-order valence-electron chi connectivity index (χ4n) is 2.56. The summed E-state index contributed by atoms with van der Waals surface area (Å²) in [4.78, 5) is 23.0. The lowest BCUT2D eigenvalue weighted by Gasteiger charge is -2.06. The van der Waals surface area contributed by atoms with Crippen molar-refractivity contribution in [3.05, 3.63) is 68.6 Å². The summed E-state index contributed by atoms with van der Waals surface area (Å²) in [5, 5.41) is 22.6. The van der Waals surface area contributed by atoms with Crippen molar-refractivity contribution in [2.75, 3.05) is 5.32 Å². The second-order valence-corrected chi connectivity index (χ2v) is 6.26. The molecule has 140 valence electrons. The molecule has 3 aromatic rings. The molecule has 0 bridgehead atoms. The van der Waals surface area contributed by atoms with Gasteiger partial charge in [0.15, 0.2) is 5.82 Å². The summed E-state index contributed by atoms with van der Waals surface area (Å²) in [6.45, 7) is 4.47. The number of carbonyl (C=O) groups is 1. The number of nitrogens with one attached hydrogen (secondary N) is 1. The number of anilines is 1. The number of hydrogen-bond acceptors (Lipinski definition) is 5. The fraction of sp³-hybridized carbons (Fsp3) is 0.235. The lowest BCUT2D eigenvalue weighted by molar-refractivity contribution is -0.385. The molecule has 1 N–H and O–H groups in total. The first-order chi connectivity index (χ1) is 12.9. The fourth-order valence-corrected chi connectivity index (χ4v) is 2.76. The quantitative estimate of drug-likeness (QED) is 0.515. The van der Waals surface area contributed by atoms with Gasteiger partial charge in [0.25, 0.3) is 5.91 Å². The van der Waals surface area contributed by atoms with Crippen molar-refractivity contribution < 1.29 is 9.72 Å². The van der Waals surface area contributed by atoms with Crippen LogP contribution >= 0.6 is 11.6 Å². The lowest BCUT2D eigenvalue weighted by Crippen LogP contribution is -2.15. The van der Waals surface area contributed by atoms with Crippen LogP contribution in [0.1, 0.15) is 28.7 Å². The van der Waals surface area contributed by atoms with Crippen LogP contribution in [0.3, 0.4) is 0 Å². The summed E-state index contributed by atoms with van der Waals surface area (Å²) < 4.78 is 3.03. The van der Waals surface area contributed by atoms with Gasteiger partial charge < -0.3 is 5.32 Å². The Morgan fingerprint density at radius 3 is 2.74 bits per heavy atom. The molecule has 0 atom stereocenters. The minimum Gasteiger partial charge on any atom is -0.303 e. The Balaban J connectivity index is 1.81. The van der Waals surface area contributed by atoms with Crippen LogP contribution < -0.4 is 5.32 Å². The Bertz CT molecular complexity index is 1010. The molecule has 10 heteroatoms. The number of aromatic nitrogens is 4. The molecule has 0 saturated carbocycles. The maximum Gasteiger partial charge on any atom is 0.320 e. The second kappa shape index (κ2) is 7.58. The van der Waals surface area contributed by atoms with E-state index in [1.807, 2.05) is 25.1 Å². The minimum atomic E-state index is -0.684. The van der Waals surface area contributed by atoms with Crippen molar-refractivity contribution in [2.24, 2.45) is 0 Å². The molecule has 0 radical (unpaired) electrons. The molecule has 0 saturated heterocycles. The second-order valence-electron chi connectivity index (χ2n) is 5.85. The third kappa shape index (κ3) is 3.98. The largest absolute Gasteiger partial charge is 0.320 e. The van der Waals surface area contributed by atoms with Crippen molar-refractivity contribution >= 4 is 29.0 Å². The van der Waals surface area contributed by atoms with Gasteiger partial charge in [-0.15, -0.1) is 0 Å². The molecule has 27 heavy (non-hydrogen) atoms. The van der Waals surface area contributed by atoms with Gasteiger partial charge in [-0.05, 0) is 25.5 Å². The molecule has 0 spiro atoms. The Kier molecular flexibility index (Phi) is 5.22. The zero-order valence-electron chi connectivity index (χ0n) is 14.7. The van der Waals surface area contributed by atoms with E-state index >= 15 is 0 Å². The van der Waals surface area contributed by atoms with Crippen LogP contribution in [0.4, 0.5) is 11.5 Å². The van der Waals surface area contributed by atoms with Gasteiger partial charge in [0.1, 0.15) is 6.20 Å². The molecule has 9 nitrogen and oxygen atoms in total. The van der Waals surface area contributed by atoms with Crippen LogP contribution in [0.15, 0.2) is 36.5 Å². The van der Waals surface area contributed by atoms with Crippen LogP contribution in [0, 0.1) is 17.0 Å². The van der Waals surface area contributed by atoms with Gasteiger partial charge in [-0.25, -0.2) is 0 Å². The van der Waals surface area contributed by atoms with E-state index < -0.39 is 10.8 Å². The molecular formula is C17H17ClN6O3. The normalized spacial score (nSPS) is 10.8. The highest BCUT2D eigenvalue weighted by atomic mass is 35.5. The molecule has 2 aromatic heterocycles. The van der Waals surface area contributed by atoms with Crippen LogP contribution in [-0.4, -0.2) is 30.4 Å². The van der Waals surface area contributed by atoms with Crippen LogP contribution in [0.2, 0.25) is 5.02 Å². The molecule has 0 fully saturated rings. The first-order valence-electron chi connectivity index (χ1n) is 8.20. The zero-order valence-corrected chi connectivity index (χ0v) is 15.5. The topological polar surface area (TPSA) is 108 Å². The number of hydrogen-bond donors (Lipinski definition) is 1. The predicted molar refractivity (Wildman–Crippen MR) is 100 cm³/mol. The number of nitro groups is 1. The number of amides is 1. The summed E-state index contributed by atoms with van der Waals surface area (Å²) in [7, 11) is 0. The highest BCUT2D eigenvalue weighted by Crippen LogP contribution is 2.20. The van der Waals surface area contributed by atoms with E-state index in [4.69, 9.17) is 11.6 Å². The number of halogens is 1. The van der Waals surface area contributed by atoms with Gasteiger partial charge in [0.2, 0.25) is 5.69 Å². The molecule has 0 aliphatic rings. The van der Waals surface area contributed by atoms with Crippen molar-refractivity contribution in [3.8, 4) is 0 Å². The Labute approximate surface area is 159 Å². The SMILES string of the molecule is CCn1cc([N+](=O)[O-])c(C(=O)Nc2cc(C)n(Cc3ccccc3Cl)n2)n1. The Morgan fingerprint density at radius 1 is 1.33 bits per heavy atom. The van der Waals surface area contributed by atoms with Gasteiger partial charge in [0.05, 0.1) is 11.5 Å². The van der Waals surface area contributed by atoms with Gasteiger partial charge in [-0.2, -0.15) is 10.2 Å². The first-order valence-corrected chi connectivity index (χ1v) is 8.58. The zero-order chi connectivity index (χ0) is 19.6. The first kappa shape index (κ1) is 18.6. The molecule has 0 unspecified atom stereocenters. The molecule has 2 heterocycles. The highest BCUT2D eigenvalue weighted by molar-refractivity contribution is 6.31. The van der Waals surface area contributed by atoms with Gasteiger partial charge in [0, 0.05) is 23.3 Å². The maximum absolute atomic E-state index is 12.4. The molecule has 0 aliphatic heterocycles. The summed E-state index contributed by atoms with van der Waals surface area (Å²) in [6.07, 6.45) is 1.23. The van der Waals surface area contributed by atoms with Crippen molar-refractivity contribution in [2.45, 2.75) is 26.9 Å². The summed E-state index contributed by atoms with van der Waals surface area (Å²) in [6, 6.07) is 9.09. The summed E-state index contributed by atoms with van der Waals surface area (Å²) in [5.74, 6) is -0.402. The number of carbonyl (C=O) groups excluding carboxylic acids is 1. The third-order valence-electron chi connectivity index (χ3n) is 3.98. The van der Waals surface area contributed by atoms with Crippen molar-refractivity contribution in [1.82, 2.24) is 19.6 Å². The van der Waals surface area contributed by atoms with Crippen molar-refractivity contribution in [1.29, 1.82) is 0 Å². The van der Waals surface area contributed by atoms with Gasteiger partial charge in [-0.3, -0.25) is 24.3 Å². The van der Waals surface area contributed by atoms with E-state index in [-0.39, 0.29) is 17.2 Å². The van der Waals surface area contributed by atoms with Gasteiger partial charge in [-0.1, -0.05) is 29.8 Å². The van der Waals surface area contributed by atoms with Crippen LogP contribution in [-0.2, 0) is 13.1 Å². The summed E-state index contributed by atoms with van der Waals surface area (Å²) >= 11 is 6.18. The van der Waals surface area contributed by atoms with Crippen LogP contribution in [0.25, 0.3) is 0 Å². The Morgan fingerprint density at radius 2 is 2.07 bits per heavy atom. The summed E-state index contributed by atoms with van der Waals surface area (Å²) in [5.41, 5.74) is 1.10. The molecule has 1 amide bonds.